The number of aromatic amines is 1. The Hall–Kier alpha value is -1.55. The quantitative estimate of drug-likeness (QED) is 0.793. The number of fused-ring (bicyclic) bond motifs is 3. The van der Waals surface area contributed by atoms with Crippen LogP contribution in [0.25, 0.3) is 10.9 Å². The lowest BCUT2D eigenvalue weighted by molar-refractivity contribution is 0.360. The van der Waals surface area contributed by atoms with Gasteiger partial charge in [0.2, 0.25) is 0 Å². The summed E-state index contributed by atoms with van der Waals surface area (Å²) in [7, 11) is 0. The molecule has 0 fully saturated rings. The molecule has 0 spiro atoms. The summed E-state index contributed by atoms with van der Waals surface area (Å²) in [5.41, 5.74) is 0.854. The molecule has 2 aromatic rings. The molecule has 1 aliphatic heterocycles. The zero-order chi connectivity index (χ0) is 12.0. The number of halogens is 2. The van der Waals surface area contributed by atoms with Gasteiger partial charge in [0.1, 0.15) is 5.75 Å². The first-order valence-corrected chi connectivity index (χ1v) is 5.81. The van der Waals surface area contributed by atoms with Crippen LogP contribution in [0, 0.1) is 5.82 Å². The van der Waals surface area contributed by atoms with Gasteiger partial charge in [0.15, 0.2) is 5.82 Å². The number of hydrogen-bond acceptors (Lipinski definition) is 2. The van der Waals surface area contributed by atoms with Crippen molar-refractivity contribution in [2.24, 2.45) is 0 Å². The average molecular weight is 254 g/mol. The first-order valence-electron chi connectivity index (χ1n) is 5.27. The lowest BCUT2D eigenvalue weighted by Crippen LogP contribution is -2.11. The molecule has 1 aromatic carbocycles. The Labute approximate surface area is 101 Å². The fraction of sp³-hybridized carbons (Fsp3) is 0.250. The van der Waals surface area contributed by atoms with E-state index < -0.39 is 5.82 Å². The number of benzene rings is 1. The van der Waals surface area contributed by atoms with Gasteiger partial charge in [-0.1, -0.05) is 6.07 Å². The molecule has 2 heterocycles. The second-order valence-electron chi connectivity index (χ2n) is 3.96. The summed E-state index contributed by atoms with van der Waals surface area (Å²) in [5.74, 6) is 0.0959. The Bertz CT molecular complexity index is 666. The second-order valence-corrected chi connectivity index (χ2v) is 4.22. The fourth-order valence-electron chi connectivity index (χ4n) is 2.14. The van der Waals surface area contributed by atoms with Crippen LogP contribution < -0.4 is 10.3 Å². The van der Waals surface area contributed by atoms with Crippen molar-refractivity contribution in [2.75, 3.05) is 6.61 Å². The average Bonchev–Trinajstić information content (AvgIpc) is 2.81. The lowest BCUT2D eigenvalue weighted by atomic mass is 10.1. The third kappa shape index (κ3) is 1.44. The van der Waals surface area contributed by atoms with Crippen LogP contribution in [0.15, 0.2) is 16.9 Å². The van der Waals surface area contributed by atoms with Crippen molar-refractivity contribution in [3.05, 3.63) is 39.4 Å². The summed E-state index contributed by atoms with van der Waals surface area (Å²) in [6.45, 7) is 0.469. The predicted molar refractivity (Wildman–Crippen MR) is 63.3 cm³/mol. The van der Waals surface area contributed by atoms with Crippen LogP contribution in [0.2, 0.25) is 0 Å². The molecular weight excluding hydrogens is 245 g/mol. The number of nitrogens with one attached hydrogen (secondary N) is 1. The van der Waals surface area contributed by atoms with Crippen LogP contribution in [0.1, 0.15) is 11.1 Å². The molecule has 1 N–H and O–H groups in total. The first-order chi connectivity index (χ1) is 8.22. The van der Waals surface area contributed by atoms with E-state index in [0.717, 1.165) is 0 Å². The van der Waals surface area contributed by atoms with Gasteiger partial charge >= 0.3 is 0 Å². The van der Waals surface area contributed by atoms with Crippen LogP contribution in [-0.4, -0.2) is 11.6 Å². The van der Waals surface area contributed by atoms with Gasteiger partial charge in [-0.3, -0.25) is 4.79 Å². The third-order valence-corrected chi connectivity index (χ3v) is 3.28. The van der Waals surface area contributed by atoms with Gasteiger partial charge in [0.25, 0.3) is 5.56 Å². The van der Waals surface area contributed by atoms with E-state index in [4.69, 9.17) is 16.3 Å². The zero-order valence-electron chi connectivity index (χ0n) is 8.85. The van der Waals surface area contributed by atoms with Gasteiger partial charge in [-0.25, -0.2) is 4.39 Å². The van der Waals surface area contributed by atoms with Crippen molar-refractivity contribution in [1.29, 1.82) is 0 Å². The molecule has 1 aliphatic rings. The Morgan fingerprint density at radius 2 is 2.29 bits per heavy atom. The highest BCUT2D eigenvalue weighted by Gasteiger charge is 2.21. The maximum atomic E-state index is 14.0. The molecule has 0 unspecified atom stereocenters. The molecule has 0 amide bonds. The van der Waals surface area contributed by atoms with Crippen molar-refractivity contribution in [2.45, 2.75) is 12.3 Å². The van der Waals surface area contributed by atoms with E-state index in [2.05, 4.69) is 4.98 Å². The number of H-pyrrole nitrogens is 1. The van der Waals surface area contributed by atoms with Gasteiger partial charge in [-0.15, -0.1) is 11.6 Å². The summed E-state index contributed by atoms with van der Waals surface area (Å²) in [5, 5.41) is 0.600. The highest BCUT2D eigenvalue weighted by atomic mass is 35.5. The summed E-state index contributed by atoms with van der Waals surface area (Å²) in [6, 6.07) is 3.35. The largest absolute Gasteiger partial charge is 0.492 e. The highest BCUT2D eigenvalue weighted by molar-refractivity contribution is 6.17. The number of ether oxygens (including phenoxy) is 1. The van der Waals surface area contributed by atoms with Gasteiger partial charge in [0, 0.05) is 17.4 Å². The summed E-state index contributed by atoms with van der Waals surface area (Å²) < 4.78 is 19.4. The Morgan fingerprint density at radius 3 is 3.06 bits per heavy atom. The van der Waals surface area contributed by atoms with Gasteiger partial charge in [-0.05, 0) is 6.07 Å². The van der Waals surface area contributed by atoms with Crippen LogP contribution >= 0.6 is 11.6 Å². The highest BCUT2D eigenvalue weighted by Crippen LogP contribution is 2.32. The topological polar surface area (TPSA) is 42.1 Å². The molecule has 0 saturated heterocycles. The Balaban J connectivity index is 2.45. The molecule has 0 radical (unpaired) electrons. The van der Waals surface area contributed by atoms with Crippen molar-refractivity contribution in [1.82, 2.24) is 4.98 Å². The van der Waals surface area contributed by atoms with E-state index in [1.54, 1.807) is 12.1 Å². The molecule has 5 heteroatoms. The van der Waals surface area contributed by atoms with Crippen LogP contribution in [0.4, 0.5) is 4.39 Å². The smallest absolute Gasteiger partial charge is 0.255 e. The second kappa shape index (κ2) is 3.74. The molecule has 88 valence electrons. The zero-order valence-corrected chi connectivity index (χ0v) is 9.60. The molecular formula is C12H9ClFNO2. The molecule has 3 nitrogen and oxygen atoms in total. The first kappa shape index (κ1) is 10.6. The summed E-state index contributed by atoms with van der Waals surface area (Å²) >= 11 is 5.63. The van der Waals surface area contributed by atoms with E-state index in [9.17, 15) is 9.18 Å². The van der Waals surface area contributed by atoms with Gasteiger partial charge in [-0.2, -0.15) is 0 Å². The Kier molecular flexibility index (Phi) is 2.33. The van der Waals surface area contributed by atoms with E-state index in [1.807, 2.05) is 0 Å². The molecule has 0 aliphatic carbocycles. The third-order valence-electron chi connectivity index (χ3n) is 3.00. The minimum absolute atomic E-state index is 0.0712. The lowest BCUT2D eigenvalue weighted by Gasteiger charge is -2.07. The molecule has 17 heavy (non-hydrogen) atoms. The monoisotopic (exact) mass is 253 g/mol. The number of alkyl halides is 1. The van der Waals surface area contributed by atoms with E-state index in [1.165, 1.54) is 0 Å². The van der Waals surface area contributed by atoms with Crippen molar-refractivity contribution in [3.8, 4) is 5.75 Å². The van der Waals surface area contributed by atoms with E-state index in [0.29, 0.717) is 35.3 Å². The van der Waals surface area contributed by atoms with Gasteiger partial charge < -0.3 is 9.72 Å². The van der Waals surface area contributed by atoms with Crippen molar-refractivity contribution in [3.63, 3.8) is 0 Å². The number of pyridine rings is 1. The normalized spacial score (nSPS) is 13.8. The minimum Gasteiger partial charge on any atom is -0.492 e. The summed E-state index contributed by atoms with van der Waals surface area (Å²) in [4.78, 5) is 14.3. The minimum atomic E-state index is -0.479. The van der Waals surface area contributed by atoms with Crippen LogP contribution in [0.5, 0.6) is 5.75 Å². The van der Waals surface area contributed by atoms with E-state index >= 15 is 0 Å². The van der Waals surface area contributed by atoms with Crippen molar-refractivity contribution >= 4 is 22.5 Å². The SMILES string of the molecule is O=c1[nH]c2c(F)c(CCl)ccc2c2c1CCO2. The van der Waals surface area contributed by atoms with Crippen LogP contribution in [-0.2, 0) is 12.3 Å². The molecule has 1 aromatic heterocycles. The maximum absolute atomic E-state index is 14.0. The van der Waals surface area contributed by atoms with Crippen LogP contribution in [0.3, 0.4) is 0 Å². The molecule has 3 rings (SSSR count). The fourth-order valence-corrected chi connectivity index (χ4v) is 2.34. The van der Waals surface area contributed by atoms with Crippen molar-refractivity contribution < 1.29 is 9.13 Å². The molecule has 0 atom stereocenters. The predicted octanol–water partition coefficient (Wildman–Crippen LogP) is 2.34. The van der Waals surface area contributed by atoms with E-state index in [-0.39, 0.29) is 17.0 Å². The number of rotatable bonds is 1. The maximum Gasteiger partial charge on any atom is 0.255 e. The van der Waals surface area contributed by atoms with Gasteiger partial charge in [0.05, 0.1) is 23.6 Å². The molecule has 0 bridgehead atoms. The number of aromatic nitrogens is 1. The number of hydrogen-bond donors (Lipinski definition) is 1. The standard InChI is InChI=1S/C12H9ClFNO2/c13-5-6-1-2-7-10(9(6)14)15-12(16)8-3-4-17-11(7)8/h1-2H,3-5H2,(H,15,16). The Morgan fingerprint density at radius 1 is 1.47 bits per heavy atom. The molecule has 0 saturated carbocycles. The summed E-state index contributed by atoms with van der Waals surface area (Å²) in [6.07, 6.45) is 0.569.